The van der Waals surface area contributed by atoms with Crippen LogP contribution in [0.15, 0.2) is 41.1 Å². The van der Waals surface area contributed by atoms with Crippen molar-refractivity contribution < 1.29 is 13.9 Å². The molecular formula is C12H13NO3. The maximum atomic E-state index is 11.6. The van der Waals surface area contributed by atoms with Crippen molar-refractivity contribution in [2.45, 2.75) is 13.5 Å². The minimum Gasteiger partial charge on any atom is -0.467 e. The average molecular weight is 219 g/mol. The first-order valence-corrected chi connectivity index (χ1v) is 5.16. The molecule has 16 heavy (non-hydrogen) atoms. The van der Waals surface area contributed by atoms with Crippen LogP contribution in [0, 0.1) is 0 Å². The van der Waals surface area contributed by atoms with Gasteiger partial charge < -0.3 is 13.7 Å². The molecular weight excluding hydrogens is 206 g/mol. The van der Waals surface area contributed by atoms with Crippen LogP contribution in [0.5, 0.6) is 0 Å². The molecule has 0 bridgehead atoms. The number of ether oxygens (including phenoxy) is 1. The molecule has 4 nitrogen and oxygen atoms in total. The maximum Gasteiger partial charge on any atom is 0.354 e. The van der Waals surface area contributed by atoms with E-state index in [0.29, 0.717) is 18.8 Å². The maximum absolute atomic E-state index is 11.6. The molecule has 0 spiro atoms. The molecule has 0 N–H and O–H groups in total. The van der Waals surface area contributed by atoms with Crippen molar-refractivity contribution in [1.29, 1.82) is 0 Å². The predicted octanol–water partition coefficient (Wildman–Crippen LogP) is 2.31. The summed E-state index contributed by atoms with van der Waals surface area (Å²) < 4.78 is 12.0. The summed E-state index contributed by atoms with van der Waals surface area (Å²) in [7, 11) is 0. The third-order valence-corrected chi connectivity index (χ3v) is 2.22. The van der Waals surface area contributed by atoms with Crippen molar-refractivity contribution in [3.05, 3.63) is 48.2 Å². The molecule has 0 radical (unpaired) electrons. The van der Waals surface area contributed by atoms with Crippen LogP contribution in [-0.4, -0.2) is 17.1 Å². The quantitative estimate of drug-likeness (QED) is 0.741. The number of rotatable bonds is 4. The highest BCUT2D eigenvalue weighted by molar-refractivity contribution is 5.87. The zero-order valence-corrected chi connectivity index (χ0v) is 9.05. The lowest BCUT2D eigenvalue weighted by Crippen LogP contribution is -2.12. The van der Waals surface area contributed by atoms with Gasteiger partial charge in [-0.3, -0.25) is 0 Å². The van der Waals surface area contributed by atoms with Crippen LogP contribution in [0.4, 0.5) is 0 Å². The SMILES string of the molecule is CCOC(=O)c1cccn1Cc1ccco1. The van der Waals surface area contributed by atoms with E-state index in [1.807, 2.05) is 24.4 Å². The van der Waals surface area contributed by atoms with Crippen LogP contribution >= 0.6 is 0 Å². The highest BCUT2D eigenvalue weighted by Crippen LogP contribution is 2.09. The normalized spacial score (nSPS) is 10.3. The van der Waals surface area contributed by atoms with Gasteiger partial charge in [-0.15, -0.1) is 0 Å². The Kier molecular flexibility index (Phi) is 3.10. The summed E-state index contributed by atoms with van der Waals surface area (Å²) in [6.45, 7) is 2.70. The molecule has 0 unspecified atom stereocenters. The molecule has 0 aliphatic heterocycles. The second-order valence-electron chi connectivity index (χ2n) is 3.32. The second kappa shape index (κ2) is 4.70. The minimum absolute atomic E-state index is 0.306. The van der Waals surface area contributed by atoms with Gasteiger partial charge in [0, 0.05) is 6.20 Å². The van der Waals surface area contributed by atoms with E-state index in [9.17, 15) is 4.79 Å². The van der Waals surface area contributed by atoms with Crippen LogP contribution in [0.1, 0.15) is 23.2 Å². The number of hydrogen-bond donors (Lipinski definition) is 0. The molecule has 0 saturated carbocycles. The fraction of sp³-hybridized carbons (Fsp3) is 0.250. The molecule has 0 amide bonds. The molecule has 84 valence electrons. The number of carbonyl (C=O) groups is 1. The molecule has 0 atom stereocenters. The minimum atomic E-state index is -0.306. The van der Waals surface area contributed by atoms with Crippen LogP contribution in [0.3, 0.4) is 0 Å². The number of esters is 1. The van der Waals surface area contributed by atoms with Gasteiger partial charge in [-0.2, -0.15) is 0 Å². The van der Waals surface area contributed by atoms with Crippen LogP contribution in [-0.2, 0) is 11.3 Å². The number of nitrogens with zero attached hydrogens (tertiary/aromatic N) is 1. The van der Waals surface area contributed by atoms with E-state index < -0.39 is 0 Å². The zero-order chi connectivity index (χ0) is 11.4. The van der Waals surface area contributed by atoms with Crippen molar-refractivity contribution >= 4 is 5.97 Å². The average Bonchev–Trinajstić information content (AvgIpc) is 2.90. The Balaban J connectivity index is 2.16. The van der Waals surface area contributed by atoms with E-state index in [1.165, 1.54) is 0 Å². The van der Waals surface area contributed by atoms with E-state index in [2.05, 4.69) is 0 Å². The second-order valence-corrected chi connectivity index (χ2v) is 3.32. The Bertz CT molecular complexity index is 456. The van der Waals surface area contributed by atoms with Crippen molar-refractivity contribution in [2.75, 3.05) is 6.61 Å². The van der Waals surface area contributed by atoms with E-state index in [4.69, 9.17) is 9.15 Å². The molecule has 0 aromatic carbocycles. The fourth-order valence-corrected chi connectivity index (χ4v) is 1.51. The Morgan fingerprint density at radius 2 is 2.31 bits per heavy atom. The summed E-state index contributed by atoms with van der Waals surface area (Å²) >= 11 is 0. The van der Waals surface area contributed by atoms with Gasteiger partial charge in [0.1, 0.15) is 11.5 Å². The number of carbonyl (C=O) groups excluding carboxylic acids is 1. The van der Waals surface area contributed by atoms with Crippen molar-refractivity contribution in [1.82, 2.24) is 4.57 Å². The Morgan fingerprint density at radius 3 is 3.00 bits per heavy atom. The van der Waals surface area contributed by atoms with Gasteiger partial charge in [0.2, 0.25) is 0 Å². The highest BCUT2D eigenvalue weighted by atomic mass is 16.5. The van der Waals surface area contributed by atoms with Crippen molar-refractivity contribution in [3.63, 3.8) is 0 Å². The molecule has 2 aromatic rings. The lowest BCUT2D eigenvalue weighted by molar-refractivity contribution is 0.0514. The molecule has 2 aromatic heterocycles. The molecule has 0 aliphatic rings. The van der Waals surface area contributed by atoms with E-state index in [1.54, 1.807) is 23.8 Å². The third kappa shape index (κ3) is 2.16. The Morgan fingerprint density at radius 1 is 1.44 bits per heavy atom. The molecule has 2 heterocycles. The monoisotopic (exact) mass is 219 g/mol. The molecule has 4 heteroatoms. The van der Waals surface area contributed by atoms with Gasteiger partial charge in [0.05, 0.1) is 19.4 Å². The van der Waals surface area contributed by atoms with E-state index in [-0.39, 0.29) is 5.97 Å². The zero-order valence-electron chi connectivity index (χ0n) is 9.05. The van der Waals surface area contributed by atoms with E-state index in [0.717, 1.165) is 5.76 Å². The molecule has 0 fully saturated rings. The summed E-state index contributed by atoms with van der Waals surface area (Å²) in [6.07, 6.45) is 3.44. The Labute approximate surface area is 93.4 Å². The summed E-state index contributed by atoms with van der Waals surface area (Å²) in [4.78, 5) is 11.6. The van der Waals surface area contributed by atoms with Crippen LogP contribution in [0.2, 0.25) is 0 Å². The van der Waals surface area contributed by atoms with Crippen molar-refractivity contribution in [3.8, 4) is 0 Å². The number of furan rings is 1. The largest absolute Gasteiger partial charge is 0.467 e. The summed E-state index contributed by atoms with van der Waals surface area (Å²) in [5.74, 6) is 0.501. The molecule has 0 saturated heterocycles. The van der Waals surface area contributed by atoms with Crippen LogP contribution < -0.4 is 0 Å². The first kappa shape index (κ1) is 10.5. The lowest BCUT2D eigenvalue weighted by Gasteiger charge is -2.06. The van der Waals surface area contributed by atoms with Gasteiger partial charge in [-0.25, -0.2) is 4.79 Å². The first-order chi connectivity index (χ1) is 7.81. The van der Waals surface area contributed by atoms with Gasteiger partial charge in [-0.1, -0.05) is 0 Å². The number of aromatic nitrogens is 1. The smallest absolute Gasteiger partial charge is 0.354 e. The Hall–Kier alpha value is -1.97. The standard InChI is InChI=1S/C12H13NO3/c1-2-15-12(14)11-6-3-7-13(11)9-10-5-4-8-16-10/h3-8H,2,9H2,1H3. The molecule has 2 rings (SSSR count). The highest BCUT2D eigenvalue weighted by Gasteiger charge is 2.12. The summed E-state index contributed by atoms with van der Waals surface area (Å²) in [5, 5.41) is 0. The van der Waals surface area contributed by atoms with Crippen molar-refractivity contribution in [2.24, 2.45) is 0 Å². The van der Waals surface area contributed by atoms with E-state index >= 15 is 0 Å². The molecule has 0 aliphatic carbocycles. The van der Waals surface area contributed by atoms with Gasteiger partial charge in [-0.05, 0) is 31.2 Å². The summed E-state index contributed by atoms with van der Waals surface area (Å²) in [5.41, 5.74) is 0.540. The van der Waals surface area contributed by atoms with Gasteiger partial charge in [0.15, 0.2) is 0 Å². The lowest BCUT2D eigenvalue weighted by atomic mass is 10.4. The number of hydrogen-bond acceptors (Lipinski definition) is 3. The third-order valence-electron chi connectivity index (χ3n) is 2.22. The summed E-state index contributed by atoms with van der Waals surface area (Å²) in [6, 6.07) is 7.24. The van der Waals surface area contributed by atoms with Crippen LogP contribution in [0.25, 0.3) is 0 Å². The topological polar surface area (TPSA) is 44.4 Å². The van der Waals surface area contributed by atoms with Gasteiger partial charge in [0.25, 0.3) is 0 Å². The first-order valence-electron chi connectivity index (χ1n) is 5.16. The fourth-order valence-electron chi connectivity index (χ4n) is 1.51. The van der Waals surface area contributed by atoms with Gasteiger partial charge >= 0.3 is 5.97 Å². The predicted molar refractivity (Wildman–Crippen MR) is 58.2 cm³/mol.